The predicted molar refractivity (Wildman–Crippen MR) is 110 cm³/mol. The Labute approximate surface area is 153 Å². The number of hydrogen-bond donors (Lipinski definition) is 3. The summed E-state index contributed by atoms with van der Waals surface area (Å²) < 4.78 is 0. The first-order valence-corrected chi connectivity index (χ1v) is 8.70. The Morgan fingerprint density at radius 2 is 1.46 bits per heavy atom. The minimum atomic E-state index is -0.305. The number of fused-ring (bicyclic) bond motifs is 1. The fourth-order valence-electron chi connectivity index (χ4n) is 3.41. The van der Waals surface area contributed by atoms with Gasteiger partial charge in [-0.15, -0.1) is 0 Å². The molecule has 1 unspecified atom stereocenters. The largest absolute Gasteiger partial charge is 0.399 e. The first-order chi connectivity index (χ1) is 12.5. The highest BCUT2D eigenvalue weighted by molar-refractivity contribution is 6.04. The van der Waals surface area contributed by atoms with Crippen LogP contribution in [-0.2, 0) is 5.54 Å². The normalized spacial score (nSPS) is 19.0. The van der Waals surface area contributed by atoms with Crippen molar-refractivity contribution in [3.05, 3.63) is 83.9 Å². The van der Waals surface area contributed by atoms with E-state index in [4.69, 9.17) is 16.5 Å². The maximum absolute atomic E-state index is 5.88. The summed E-state index contributed by atoms with van der Waals surface area (Å²) in [6.45, 7) is 2.20. The van der Waals surface area contributed by atoms with Crippen molar-refractivity contribution in [1.29, 1.82) is 0 Å². The molecular formula is C22H22N4. The van der Waals surface area contributed by atoms with E-state index in [1.807, 2.05) is 54.6 Å². The van der Waals surface area contributed by atoms with E-state index in [0.29, 0.717) is 0 Å². The van der Waals surface area contributed by atoms with E-state index in [0.717, 1.165) is 40.4 Å². The van der Waals surface area contributed by atoms with Gasteiger partial charge in [-0.1, -0.05) is 36.4 Å². The minimum Gasteiger partial charge on any atom is -0.399 e. The van der Waals surface area contributed by atoms with Crippen molar-refractivity contribution in [2.45, 2.75) is 18.9 Å². The molecule has 0 aliphatic carbocycles. The van der Waals surface area contributed by atoms with Crippen molar-refractivity contribution in [2.24, 2.45) is 4.99 Å². The van der Waals surface area contributed by atoms with Gasteiger partial charge in [-0.25, -0.2) is 0 Å². The van der Waals surface area contributed by atoms with Crippen LogP contribution in [0.2, 0.25) is 0 Å². The third-order valence-electron chi connectivity index (χ3n) is 4.88. The van der Waals surface area contributed by atoms with Gasteiger partial charge < -0.3 is 16.8 Å². The molecule has 4 heteroatoms. The lowest BCUT2D eigenvalue weighted by molar-refractivity contribution is 0.571. The maximum atomic E-state index is 5.88. The van der Waals surface area contributed by atoms with E-state index in [1.54, 1.807) is 0 Å². The quantitative estimate of drug-likeness (QED) is 0.591. The number of nitrogen functional groups attached to an aromatic ring is 2. The van der Waals surface area contributed by atoms with Gasteiger partial charge in [-0.2, -0.15) is 0 Å². The fraction of sp³-hybridized carbons (Fsp3) is 0.136. The molecule has 4 nitrogen and oxygen atoms in total. The maximum Gasteiger partial charge on any atom is 0.0864 e. The van der Waals surface area contributed by atoms with Crippen LogP contribution in [0.1, 0.15) is 24.5 Å². The second-order valence-electron chi connectivity index (χ2n) is 6.95. The Kier molecular flexibility index (Phi) is 3.88. The molecule has 0 bridgehead atoms. The Morgan fingerprint density at radius 3 is 2.15 bits per heavy atom. The van der Waals surface area contributed by atoms with Crippen LogP contribution < -0.4 is 16.8 Å². The second kappa shape index (κ2) is 6.23. The number of nitrogens with one attached hydrogen (secondary N) is 1. The second-order valence-corrected chi connectivity index (χ2v) is 6.95. The average Bonchev–Trinajstić information content (AvgIpc) is 2.79. The standard InChI is InChI=1S/C22H22N4/c1-22(16-8-12-18(24)13-9-16)14-21(15-6-10-17(23)11-7-15)25-19-4-2-3-5-20(19)26-22/h2-13,26H,14,23-24H2,1H3. The fourth-order valence-corrected chi connectivity index (χ4v) is 3.41. The van der Waals surface area contributed by atoms with Crippen molar-refractivity contribution < 1.29 is 0 Å². The van der Waals surface area contributed by atoms with Crippen LogP contribution in [0.3, 0.4) is 0 Å². The molecule has 26 heavy (non-hydrogen) atoms. The van der Waals surface area contributed by atoms with Gasteiger partial charge in [0, 0.05) is 17.8 Å². The third kappa shape index (κ3) is 3.02. The van der Waals surface area contributed by atoms with Crippen LogP contribution in [0, 0.1) is 0 Å². The highest BCUT2D eigenvalue weighted by Crippen LogP contribution is 2.39. The van der Waals surface area contributed by atoms with E-state index >= 15 is 0 Å². The van der Waals surface area contributed by atoms with Crippen molar-refractivity contribution in [3.63, 3.8) is 0 Å². The Bertz CT molecular complexity index is 958. The number of aliphatic imine (C=N–C) groups is 1. The Balaban J connectivity index is 1.84. The first-order valence-electron chi connectivity index (χ1n) is 8.70. The molecule has 0 fully saturated rings. The molecule has 3 aromatic rings. The van der Waals surface area contributed by atoms with Crippen LogP contribution in [0.4, 0.5) is 22.7 Å². The van der Waals surface area contributed by atoms with Gasteiger partial charge >= 0.3 is 0 Å². The summed E-state index contributed by atoms with van der Waals surface area (Å²) >= 11 is 0. The van der Waals surface area contributed by atoms with Gasteiger partial charge in [-0.05, 0) is 54.4 Å². The molecule has 0 amide bonds. The zero-order chi connectivity index (χ0) is 18.1. The number of hydrogen-bond acceptors (Lipinski definition) is 4. The summed E-state index contributed by atoms with van der Waals surface area (Å²) in [4.78, 5) is 4.97. The van der Waals surface area contributed by atoms with Gasteiger partial charge in [0.05, 0.1) is 22.6 Å². The van der Waals surface area contributed by atoms with Crippen LogP contribution in [0.25, 0.3) is 0 Å². The molecule has 0 aromatic heterocycles. The third-order valence-corrected chi connectivity index (χ3v) is 4.88. The lowest BCUT2D eigenvalue weighted by Crippen LogP contribution is -2.33. The molecule has 5 N–H and O–H groups in total. The van der Waals surface area contributed by atoms with Gasteiger partial charge in [0.1, 0.15) is 0 Å². The highest BCUT2D eigenvalue weighted by Gasteiger charge is 2.31. The molecule has 1 atom stereocenters. The molecular weight excluding hydrogens is 320 g/mol. The summed E-state index contributed by atoms with van der Waals surface area (Å²) in [7, 11) is 0. The van der Waals surface area contributed by atoms with Gasteiger partial charge in [0.25, 0.3) is 0 Å². The first kappa shape index (κ1) is 16.2. The summed E-state index contributed by atoms with van der Waals surface area (Å²) in [5, 5.41) is 3.70. The predicted octanol–water partition coefficient (Wildman–Crippen LogP) is 4.70. The molecule has 0 saturated carbocycles. The number of para-hydroxylation sites is 2. The number of rotatable bonds is 2. The minimum absolute atomic E-state index is 0.305. The van der Waals surface area contributed by atoms with Gasteiger partial charge in [-0.3, -0.25) is 4.99 Å². The van der Waals surface area contributed by atoms with Gasteiger partial charge in [0.2, 0.25) is 0 Å². The molecule has 130 valence electrons. The summed E-state index contributed by atoms with van der Waals surface area (Å²) in [6, 6.07) is 24.1. The molecule has 0 spiro atoms. The van der Waals surface area contributed by atoms with E-state index in [2.05, 4.69) is 30.4 Å². The SMILES string of the molecule is CC1(c2ccc(N)cc2)CC(c2ccc(N)cc2)=Nc2ccccc2N1. The smallest absolute Gasteiger partial charge is 0.0864 e. The van der Waals surface area contributed by atoms with E-state index in [-0.39, 0.29) is 5.54 Å². The van der Waals surface area contributed by atoms with Crippen molar-refractivity contribution >= 4 is 28.5 Å². The number of nitrogens with two attached hydrogens (primary N) is 2. The average molecular weight is 342 g/mol. The molecule has 1 aliphatic rings. The van der Waals surface area contributed by atoms with Crippen molar-refractivity contribution in [3.8, 4) is 0 Å². The molecule has 1 aliphatic heterocycles. The molecule has 1 heterocycles. The lowest BCUT2D eigenvalue weighted by Gasteiger charge is -2.32. The summed E-state index contributed by atoms with van der Waals surface area (Å²) in [5.74, 6) is 0. The number of benzene rings is 3. The monoisotopic (exact) mass is 342 g/mol. The van der Waals surface area contributed by atoms with Gasteiger partial charge in [0.15, 0.2) is 0 Å². The zero-order valence-corrected chi connectivity index (χ0v) is 14.7. The topological polar surface area (TPSA) is 76.4 Å². The molecule has 4 rings (SSSR count). The highest BCUT2D eigenvalue weighted by atomic mass is 15.0. The van der Waals surface area contributed by atoms with Crippen molar-refractivity contribution in [2.75, 3.05) is 16.8 Å². The molecule has 3 aromatic carbocycles. The number of nitrogens with zero attached hydrogens (tertiary/aromatic N) is 1. The number of anilines is 3. The van der Waals surface area contributed by atoms with Crippen LogP contribution in [0.5, 0.6) is 0 Å². The Morgan fingerprint density at radius 1 is 0.846 bits per heavy atom. The van der Waals surface area contributed by atoms with Crippen molar-refractivity contribution in [1.82, 2.24) is 0 Å². The van der Waals surface area contributed by atoms with E-state index in [9.17, 15) is 0 Å². The van der Waals surface area contributed by atoms with Crippen LogP contribution >= 0.6 is 0 Å². The molecule has 0 radical (unpaired) electrons. The van der Waals surface area contributed by atoms with Crippen LogP contribution in [-0.4, -0.2) is 5.71 Å². The van der Waals surface area contributed by atoms with E-state index < -0.39 is 0 Å². The summed E-state index contributed by atoms with van der Waals surface area (Å²) in [5.41, 5.74) is 18.2. The molecule has 0 saturated heterocycles. The van der Waals surface area contributed by atoms with E-state index in [1.165, 1.54) is 5.56 Å². The zero-order valence-electron chi connectivity index (χ0n) is 14.7. The van der Waals surface area contributed by atoms with Crippen LogP contribution in [0.15, 0.2) is 77.8 Å². The summed E-state index contributed by atoms with van der Waals surface area (Å²) in [6.07, 6.45) is 0.746. The lowest BCUT2D eigenvalue weighted by atomic mass is 9.85. The Hall–Kier alpha value is -3.27.